The van der Waals surface area contributed by atoms with E-state index in [1.165, 1.54) is 0 Å². The van der Waals surface area contributed by atoms with Crippen molar-refractivity contribution in [3.8, 4) is 0 Å². The predicted molar refractivity (Wildman–Crippen MR) is 39.2 cm³/mol. The van der Waals surface area contributed by atoms with Gasteiger partial charge >= 0.3 is 70.4 Å². The Hall–Kier alpha value is 0.359. The van der Waals surface area contributed by atoms with Gasteiger partial charge in [-0.05, 0) is 0 Å². The van der Waals surface area contributed by atoms with E-state index in [4.69, 9.17) is 15.3 Å². The van der Waals surface area contributed by atoms with Gasteiger partial charge in [0.1, 0.15) is 0 Å². The molecule has 0 radical (unpaired) electrons. The van der Waals surface area contributed by atoms with Gasteiger partial charge in [-0.3, -0.25) is 0 Å². The fraction of sp³-hybridized carbons (Fsp3) is 1.00. The summed E-state index contributed by atoms with van der Waals surface area (Å²) < 4.78 is 0. The third-order valence-corrected chi connectivity index (χ3v) is 4.86. The van der Waals surface area contributed by atoms with E-state index < -0.39 is 11.1 Å². The Morgan fingerprint density at radius 1 is 1.09 bits per heavy atom. The molecule has 11 heavy (non-hydrogen) atoms. The zero-order valence-corrected chi connectivity index (χ0v) is 7.63. The quantitative estimate of drug-likeness (QED) is 0.402. The molecule has 0 aromatic carbocycles. The zero-order chi connectivity index (χ0) is 8.43. The first-order valence-corrected chi connectivity index (χ1v) is 5.41. The second-order valence-electron chi connectivity index (χ2n) is 2.58. The molecule has 1 aliphatic rings. The first-order valence-electron chi connectivity index (χ1n) is 3.44. The van der Waals surface area contributed by atoms with Crippen LogP contribution in [-0.4, -0.2) is 59.7 Å². The van der Waals surface area contributed by atoms with Crippen LogP contribution in [0.15, 0.2) is 0 Å². The first kappa shape index (κ1) is 9.45. The Kier molecular flexibility index (Phi) is 3.30. The molecule has 4 atom stereocenters. The summed E-state index contributed by atoms with van der Waals surface area (Å²) in [6.07, 6.45) is -0.850. The first-order chi connectivity index (χ1) is 5.20. The van der Waals surface area contributed by atoms with Gasteiger partial charge in [0.05, 0.1) is 0 Å². The maximum atomic E-state index is 9.25. The number of aliphatic hydroxyl groups excluding tert-OH is 4. The topological polar surface area (TPSA) is 80.9 Å². The van der Waals surface area contributed by atoms with Crippen molar-refractivity contribution in [2.75, 3.05) is 13.2 Å². The van der Waals surface area contributed by atoms with Crippen LogP contribution in [0.4, 0.5) is 0 Å². The number of rotatable bonds is 2. The van der Waals surface area contributed by atoms with Crippen molar-refractivity contribution in [3.05, 3.63) is 0 Å². The van der Waals surface area contributed by atoms with Crippen LogP contribution >= 0.6 is 0 Å². The summed E-state index contributed by atoms with van der Waals surface area (Å²) in [4.78, 5) is -0.0995. The Morgan fingerprint density at radius 3 is 2.09 bits per heavy atom. The molecule has 4 unspecified atom stereocenters. The maximum absolute atomic E-state index is 9.25. The summed E-state index contributed by atoms with van der Waals surface area (Å²) in [6, 6.07) is 0. The van der Waals surface area contributed by atoms with Crippen LogP contribution in [0.5, 0.6) is 0 Å². The molecule has 4 nitrogen and oxygen atoms in total. The Morgan fingerprint density at radius 2 is 1.73 bits per heavy atom. The molecule has 1 saturated heterocycles. The monoisotopic (exact) mass is 228 g/mol. The van der Waals surface area contributed by atoms with E-state index in [1.54, 1.807) is 0 Å². The van der Waals surface area contributed by atoms with Gasteiger partial charge in [-0.2, -0.15) is 0 Å². The van der Waals surface area contributed by atoms with Crippen LogP contribution in [0.25, 0.3) is 0 Å². The molecule has 1 aliphatic heterocycles. The van der Waals surface area contributed by atoms with Crippen molar-refractivity contribution in [2.45, 2.75) is 15.9 Å². The van der Waals surface area contributed by atoms with Gasteiger partial charge in [0.2, 0.25) is 0 Å². The van der Waals surface area contributed by atoms with Crippen molar-refractivity contribution >= 4 is 15.0 Å². The minimum atomic E-state index is -0.850. The van der Waals surface area contributed by atoms with Gasteiger partial charge in [-0.1, -0.05) is 0 Å². The van der Waals surface area contributed by atoms with E-state index in [2.05, 4.69) is 0 Å². The number of aliphatic hydroxyl groups is 4. The molecule has 5 heteroatoms. The predicted octanol–water partition coefficient (Wildman–Crippen LogP) is -2.23. The second kappa shape index (κ2) is 3.85. The number of hydrogen-bond acceptors (Lipinski definition) is 4. The summed E-state index contributed by atoms with van der Waals surface area (Å²) in [5.74, 6) is -0.338. The molecule has 0 aromatic heterocycles. The van der Waals surface area contributed by atoms with Gasteiger partial charge < -0.3 is 0 Å². The molecule has 0 amide bonds. The van der Waals surface area contributed by atoms with Crippen LogP contribution in [0, 0.1) is 5.92 Å². The standard InChI is InChI=1S/C6H12O4Se/c7-1-3-4(2-8)11-6(10)5(3)9/h3-10H,1-2H2. The normalized spacial score (nSPS) is 44.7. The SMILES string of the molecule is OCC1[Se]C(O)C(O)C1CO. The van der Waals surface area contributed by atoms with E-state index in [1.807, 2.05) is 0 Å². The summed E-state index contributed by atoms with van der Waals surface area (Å²) in [5.41, 5.74) is 0. The number of hydrogen-bond donors (Lipinski definition) is 4. The molecule has 0 spiro atoms. The van der Waals surface area contributed by atoms with E-state index in [-0.39, 0.29) is 38.9 Å². The average Bonchev–Trinajstić information content (AvgIpc) is 2.28. The van der Waals surface area contributed by atoms with Crippen LogP contribution in [0.2, 0.25) is 4.82 Å². The van der Waals surface area contributed by atoms with Crippen LogP contribution in [-0.2, 0) is 0 Å². The second-order valence-corrected chi connectivity index (χ2v) is 5.44. The fourth-order valence-corrected chi connectivity index (χ4v) is 3.83. The van der Waals surface area contributed by atoms with Crippen LogP contribution < -0.4 is 0 Å². The van der Waals surface area contributed by atoms with Crippen molar-refractivity contribution in [1.29, 1.82) is 0 Å². The van der Waals surface area contributed by atoms with E-state index in [9.17, 15) is 5.11 Å². The van der Waals surface area contributed by atoms with Gasteiger partial charge in [0, 0.05) is 0 Å². The van der Waals surface area contributed by atoms with E-state index in [0.29, 0.717) is 0 Å². The molecular weight excluding hydrogens is 215 g/mol. The Balaban J connectivity index is 2.57. The molecule has 0 saturated carbocycles. The molecule has 66 valence electrons. The molecular formula is C6H12O4Se. The molecule has 4 N–H and O–H groups in total. The third-order valence-electron chi connectivity index (χ3n) is 1.91. The van der Waals surface area contributed by atoms with Crippen molar-refractivity contribution in [1.82, 2.24) is 0 Å². The summed E-state index contributed by atoms with van der Waals surface area (Å²) in [5, 5.41) is 35.3. The Bertz CT molecular complexity index is 132. The molecule has 0 aliphatic carbocycles. The van der Waals surface area contributed by atoms with E-state index >= 15 is 0 Å². The van der Waals surface area contributed by atoms with Crippen LogP contribution in [0.3, 0.4) is 0 Å². The van der Waals surface area contributed by atoms with Crippen molar-refractivity contribution in [3.63, 3.8) is 0 Å². The Labute approximate surface area is 71.0 Å². The van der Waals surface area contributed by atoms with Crippen LogP contribution in [0.1, 0.15) is 0 Å². The third kappa shape index (κ3) is 1.75. The molecule has 0 bridgehead atoms. The molecule has 1 fully saturated rings. The summed E-state index contributed by atoms with van der Waals surface area (Å²) in [7, 11) is 0. The molecule has 0 aromatic rings. The van der Waals surface area contributed by atoms with Gasteiger partial charge in [0.25, 0.3) is 0 Å². The van der Waals surface area contributed by atoms with Crippen molar-refractivity contribution < 1.29 is 20.4 Å². The summed E-state index contributed by atoms with van der Waals surface area (Å²) in [6.45, 7) is -0.218. The average molecular weight is 227 g/mol. The zero-order valence-electron chi connectivity index (χ0n) is 5.92. The van der Waals surface area contributed by atoms with Gasteiger partial charge in [-0.25, -0.2) is 0 Å². The van der Waals surface area contributed by atoms with Gasteiger partial charge in [-0.15, -0.1) is 0 Å². The van der Waals surface area contributed by atoms with E-state index in [0.717, 1.165) is 0 Å². The molecule has 1 rings (SSSR count). The minimum absolute atomic E-state index is 0.0562. The fourth-order valence-electron chi connectivity index (χ4n) is 1.20. The van der Waals surface area contributed by atoms with Gasteiger partial charge in [0.15, 0.2) is 0 Å². The van der Waals surface area contributed by atoms with Crippen molar-refractivity contribution in [2.24, 2.45) is 5.92 Å². The molecule has 1 heterocycles. The summed E-state index contributed by atoms with van der Waals surface area (Å²) >= 11 is -0.165.